The van der Waals surface area contributed by atoms with Gasteiger partial charge in [-0.25, -0.2) is 4.99 Å². The molecule has 1 amide bonds. The van der Waals surface area contributed by atoms with Crippen molar-refractivity contribution < 1.29 is 18.3 Å². The van der Waals surface area contributed by atoms with Gasteiger partial charge < -0.3 is 25.2 Å². The quantitative estimate of drug-likeness (QED) is 0.398. The van der Waals surface area contributed by atoms with Crippen LogP contribution in [0.5, 0.6) is 5.75 Å². The van der Waals surface area contributed by atoms with Gasteiger partial charge in [-0.1, -0.05) is 18.2 Å². The SMILES string of the molecule is C=CCNC(=NCC(=O)N(C)C)NC1CCN(c2ccccc2OC(F)F)C1. The Hall–Kier alpha value is -2.84. The lowest BCUT2D eigenvalue weighted by Crippen LogP contribution is -2.45. The number of hydrogen-bond acceptors (Lipinski definition) is 4. The molecule has 0 saturated carbocycles. The first-order chi connectivity index (χ1) is 13.4. The van der Waals surface area contributed by atoms with Crippen LogP contribution in [0.4, 0.5) is 14.5 Å². The Balaban J connectivity index is 2.02. The molecule has 1 unspecified atom stereocenters. The number of alkyl halides is 2. The number of nitrogens with one attached hydrogen (secondary N) is 2. The summed E-state index contributed by atoms with van der Waals surface area (Å²) in [4.78, 5) is 19.6. The fraction of sp³-hybridized carbons (Fsp3) is 0.474. The average Bonchev–Trinajstić information content (AvgIpc) is 3.11. The van der Waals surface area contributed by atoms with Gasteiger partial charge in [-0.2, -0.15) is 8.78 Å². The molecule has 7 nitrogen and oxygen atoms in total. The molecule has 1 aliphatic heterocycles. The van der Waals surface area contributed by atoms with Crippen LogP contribution in [0.1, 0.15) is 6.42 Å². The monoisotopic (exact) mass is 395 g/mol. The van der Waals surface area contributed by atoms with Crippen LogP contribution in [0, 0.1) is 0 Å². The number of guanidine groups is 1. The van der Waals surface area contributed by atoms with Crippen LogP contribution in [0.3, 0.4) is 0 Å². The third kappa shape index (κ3) is 6.40. The number of anilines is 1. The number of hydrogen-bond donors (Lipinski definition) is 2. The van der Waals surface area contributed by atoms with E-state index in [1.54, 1.807) is 38.4 Å². The summed E-state index contributed by atoms with van der Waals surface area (Å²) in [7, 11) is 3.35. The Morgan fingerprint density at radius 3 is 2.89 bits per heavy atom. The smallest absolute Gasteiger partial charge is 0.387 e. The van der Waals surface area contributed by atoms with Gasteiger partial charge in [0.2, 0.25) is 5.91 Å². The van der Waals surface area contributed by atoms with Crippen LogP contribution in [-0.4, -0.2) is 69.7 Å². The number of aliphatic imine (C=N–C) groups is 1. The minimum absolute atomic E-state index is 0.0287. The van der Waals surface area contributed by atoms with Crippen LogP contribution < -0.4 is 20.3 Å². The van der Waals surface area contributed by atoms with Gasteiger partial charge >= 0.3 is 6.61 Å². The van der Waals surface area contributed by atoms with Crippen molar-refractivity contribution >= 4 is 17.6 Å². The molecule has 0 radical (unpaired) electrons. The highest BCUT2D eigenvalue weighted by Crippen LogP contribution is 2.31. The van der Waals surface area contributed by atoms with Gasteiger partial charge in [0.05, 0.1) is 5.69 Å². The maximum atomic E-state index is 12.6. The first-order valence-corrected chi connectivity index (χ1v) is 9.05. The summed E-state index contributed by atoms with van der Waals surface area (Å²) in [6.45, 7) is 2.62. The molecule has 0 bridgehead atoms. The zero-order valence-electron chi connectivity index (χ0n) is 16.2. The summed E-state index contributed by atoms with van der Waals surface area (Å²) in [6.07, 6.45) is 2.49. The number of ether oxygens (including phenoxy) is 1. The van der Waals surface area contributed by atoms with Crippen molar-refractivity contribution in [2.45, 2.75) is 19.1 Å². The average molecular weight is 395 g/mol. The third-order valence-electron chi connectivity index (χ3n) is 4.24. The number of rotatable bonds is 8. The topological polar surface area (TPSA) is 69.2 Å². The van der Waals surface area contributed by atoms with Gasteiger partial charge in [-0.15, -0.1) is 6.58 Å². The van der Waals surface area contributed by atoms with Crippen molar-refractivity contribution in [1.29, 1.82) is 0 Å². The second kappa shape index (κ2) is 10.5. The number of likely N-dealkylation sites (N-methyl/N-ethyl adjacent to an activating group) is 1. The normalized spacial score (nSPS) is 16.8. The second-order valence-corrected chi connectivity index (χ2v) is 6.54. The summed E-state index contributed by atoms with van der Waals surface area (Å²) in [5.74, 6) is 0.568. The Kier molecular flexibility index (Phi) is 8.03. The molecule has 1 saturated heterocycles. The standard InChI is InChI=1S/C19H27F2N5O2/c1-4-10-22-19(23-12-17(27)25(2)3)24-14-9-11-26(13-14)15-7-5-6-8-16(15)28-18(20)21/h4-8,14,18H,1,9-13H2,2-3H3,(H2,22,23,24). The molecule has 1 aliphatic rings. The highest BCUT2D eigenvalue weighted by atomic mass is 19.3. The Bertz CT molecular complexity index is 697. The molecule has 0 aromatic heterocycles. The Morgan fingerprint density at radius 1 is 1.46 bits per heavy atom. The molecule has 2 rings (SSSR count). The summed E-state index contributed by atoms with van der Waals surface area (Å²) in [5.41, 5.74) is 0.632. The van der Waals surface area contributed by atoms with E-state index in [9.17, 15) is 13.6 Å². The van der Waals surface area contributed by atoms with Gasteiger partial charge in [-0.05, 0) is 18.6 Å². The van der Waals surface area contributed by atoms with Crippen LogP contribution in [0.15, 0.2) is 41.9 Å². The van der Waals surface area contributed by atoms with Crippen LogP contribution in [0.2, 0.25) is 0 Å². The van der Waals surface area contributed by atoms with Crippen molar-refractivity contribution in [2.24, 2.45) is 4.99 Å². The molecule has 1 aromatic rings. The van der Waals surface area contributed by atoms with Gasteiger partial charge in [-0.3, -0.25) is 4.79 Å². The number of carbonyl (C=O) groups excluding carboxylic acids is 1. The number of benzene rings is 1. The molecule has 0 aliphatic carbocycles. The molecule has 2 N–H and O–H groups in total. The summed E-state index contributed by atoms with van der Waals surface area (Å²) in [6, 6.07) is 6.80. The van der Waals surface area contributed by atoms with E-state index >= 15 is 0 Å². The fourth-order valence-electron chi connectivity index (χ4n) is 2.81. The molecule has 154 valence electrons. The maximum Gasteiger partial charge on any atom is 0.387 e. The molecule has 1 heterocycles. The molecular formula is C19H27F2N5O2. The van der Waals surface area contributed by atoms with E-state index in [0.717, 1.165) is 6.42 Å². The van der Waals surface area contributed by atoms with E-state index in [0.29, 0.717) is 31.3 Å². The Labute approximate surface area is 164 Å². The van der Waals surface area contributed by atoms with E-state index in [-0.39, 0.29) is 24.2 Å². The van der Waals surface area contributed by atoms with E-state index in [1.165, 1.54) is 11.0 Å². The van der Waals surface area contributed by atoms with Gasteiger partial charge in [0.1, 0.15) is 12.3 Å². The van der Waals surface area contributed by atoms with Crippen molar-refractivity contribution in [3.8, 4) is 5.75 Å². The number of halogens is 2. The predicted molar refractivity (Wildman–Crippen MR) is 106 cm³/mol. The Morgan fingerprint density at radius 2 is 2.21 bits per heavy atom. The number of carbonyl (C=O) groups is 1. The maximum absolute atomic E-state index is 12.6. The van der Waals surface area contributed by atoms with Crippen molar-refractivity contribution in [1.82, 2.24) is 15.5 Å². The molecule has 1 fully saturated rings. The predicted octanol–water partition coefficient (Wildman–Crippen LogP) is 1.68. The number of para-hydroxylation sites is 2. The summed E-state index contributed by atoms with van der Waals surface area (Å²) >= 11 is 0. The molecule has 0 spiro atoms. The van der Waals surface area contributed by atoms with E-state index in [2.05, 4.69) is 26.9 Å². The first-order valence-electron chi connectivity index (χ1n) is 9.05. The lowest BCUT2D eigenvalue weighted by atomic mass is 10.2. The molecule has 9 heteroatoms. The van der Waals surface area contributed by atoms with Crippen LogP contribution in [0.25, 0.3) is 0 Å². The highest BCUT2D eigenvalue weighted by molar-refractivity contribution is 5.85. The summed E-state index contributed by atoms with van der Waals surface area (Å²) < 4.78 is 29.9. The van der Waals surface area contributed by atoms with Crippen LogP contribution >= 0.6 is 0 Å². The minimum atomic E-state index is -2.87. The van der Waals surface area contributed by atoms with Crippen molar-refractivity contribution in [2.75, 3.05) is 45.2 Å². The third-order valence-corrected chi connectivity index (χ3v) is 4.24. The van der Waals surface area contributed by atoms with Gasteiger partial charge in [0.15, 0.2) is 5.96 Å². The minimum Gasteiger partial charge on any atom is -0.433 e. The highest BCUT2D eigenvalue weighted by Gasteiger charge is 2.26. The fourth-order valence-corrected chi connectivity index (χ4v) is 2.81. The molecule has 1 atom stereocenters. The summed E-state index contributed by atoms with van der Waals surface area (Å²) in [5, 5.41) is 6.39. The van der Waals surface area contributed by atoms with Gasteiger partial charge in [0.25, 0.3) is 0 Å². The second-order valence-electron chi connectivity index (χ2n) is 6.54. The number of amides is 1. The van der Waals surface area contributed by atoms with Crippen molar-refractivity contribution in [3.63, 3.8) is 0 Å². The van der Waals surface area contributed by atoms with E-state index < -0.39 is 6.61 Å². The van der Waals surface area contributed by atoms with Crippen molar-refractivity contribution in [3.05, 3.63) is 36.9 Å². The molecule has 28 heavy (non-hydrogen) atoms. The van der Waals surface area contributed by atoms with Crippen LogP contribution in [-0.2, 0) is 4.79 Å². The first kappa shape index (κ1) is 21.5. The van der Waals surface area contributed by atoms with Gasteiger partial charge in [0, 0.05) is 39.8 Å². The van der Waals surface area contributed by atoms with E-state index in [4.69, 9.17) is 0 Å². The molecule has 1 aromatic carbocycles. The van der Waals surface area contributed by atoms with E-state index in [1.807, 2.05) is 4.90 Å². The zero-order valence-corrected chi connectivity index (χ0v) is 16.2. The molecular weight excluding hydrogens is 368 g/mol. The zero-order chi connectivity index (χ0) is 20.5. The lowest BCUT2D eigenvalue weighted by Gasteiger charge is -2.22. The number of nitrogens with zero attached hydrogens (tertiary/aromatic N) is 3. The lowest BCUT2D eigenvalue weighted by molar-refractivity contribution is -0.127. The largest absolute Gasteiger partial charge is 0.433 e.